The van der Waals surface area contributed by atoms with Crippen LogP contribution in [0.2, 0.25) is 0 Å². The van der Waals surface area contributed by atoms with Crippen LogP contribution in [0.4, 0.5) is 0 Å². The zero-order valence-electron chi connectivity index (χ0n) is 10.5. The maximum absolute atomic E-state index is 12.0. The Hall–Kier alpha value is -0.130. The Morgan fingerprint density at radius 3 is 2.41 bits per heavy atom. The second-order valence-electron chi connectivity index (χ2n) is 5.22. The first-order valence-corrected chi connectivity index (χ1v) is 8.55. The molecule has 17 heavy (non-hydrogen) atoms. The highest BCUT2D eigenvalue weighted by Gasteiger charge is 2.28. The van der Waals surface area contributed by atoms with E-state index in [0.29, 0.717) is 5.75 Å². The molecule has 0 unspecified atom stereocenters. The van der Waals surface area contributed by atoms with Gasteiger partial charge in [0.1, 0.15) is 0 Å². The van der Waals surface area contributed by atoms with E-state index < -0.39 is 9.84 Å². The van der Waals surface area contributed by atoms with Crippen molar-refractivity contribution in [3.63, 3.8) is 0 Å². The maximum Gasteiger partial charge on any atom is 0.153 e. The summed E-state index contributed by atoms with van der Waals surface area (Å²) >= 11 is 0. The van der Waals surface area contributed by atoms with Gasteiger partial charge in [0.15, 0.2) is 9.84 Å². The average molecular weight is 260 g/mol. The van der Waals surface area contributed by atoms with E-state index in [1.54, 1.807) is 0 Å². The van der Waals surface area contributed by atoms with Crippen molar-refractivity contribution in [2.45, 2.75) is 37.4 Å². The number of nitrogens with one attached hydrogen (secondary N) is 1. The van der Waals surface area contributed by atoms with Crippen molar-refractivity contribution in [2.24, 2.45) is 0 Å². The van der Waals surface area contributed by atoms with Crippen molar-refractivity contribution in [2.75, 3.05) is 38.5 Å². The van der Waals surface area contributed by atoms with E-state index in [1.165, 1.54) is 0 Å². The first-order chi connectivity index (χ1) is 8.18. The summed E-state index contributed by atoms with van der Waals surface area (Å²) in [6.45, 7) is 5.13. The lowest BCUT2D eigenvalue weighted by atomic mass is 10.3. The Bertz CT molecular complexity index is 317. The van der Waals surface area contributed by atoms with Crippen molar-refractivity contribution >= 4 is 9.84 Å². The topological polar surface area (TPSA) is 49.4 Å². The lowest BCUT2D eigenvalue weighted by molar-refractivity contribution is 0.242. The van der Waals surface area contributed by atoms with Crippen LogP contribution in [0.3, 0.4) is 0 Å². The first kappa shape index (κ1) is 13.3. The predicted octanol–water partition coefficient (Wildman–Crippen LogP) is 0.639. The molecule has 2 rings (SSSR count). The smallest absolute Gasteiger partial charge is 0.153 e. The van der Waals surface area contributed by atoms with E-state index in [1.807, 2.05) is 0 Å². The highest BCUT2D eigenvalue weighted by Crippen LogP contribution is 2.25. The average Bonchev–Trinajstić information content (AvgIpc) is 2.84. The minimum atomic E-state index is -2.80. The summed E-state index contributed by atoms with van der Waals surface area (Å²) in [6.07, 6.45) is 4.80. The molecule has 1 heterocycles. The molecule has 1 saturated carbocycles. The number of hydrogen-bond acceptors (Lipinski definition) is 4. The van der Waals surface area contributed by atoms with E-state index >= 15 is 0 Å². The van der Waals surface area contributed by atoms with Crippen LogP contribution in [0.25, 0.3) is 0 Å². The van der Waals surface area contributed by atoms with Gasteiger partial charge in [-0.05, 0) is 25.8 Å². The van der Waals surface area contributed by atoms with Crippen LogP contribution in [0, 0.1) is 0 Å². The van der Waals surface area contributed by atoms with Crippen LogP contribution in [-0.4, -0.2) is 57.0 Å². The first-order valence-electron chi connectivity index (χ1n) is 6.83. The largest absolute Gasteiger partial charge is 0.314 e. The van der Waals surface area contributed by atoms with Crippen LogP contribution < -0.4 is 5.32 Å². The van der Waals surface area contributed by atoms with E-state index in [2.05, 4.69) is 10.2 Å². The van der Waals surface area contributed by atoms with Gasteiger partial charge in [0, 0.05) is 26.2 Å². The minimum absolute atomic E-state index is 0.0227. The van der Waals surface area contributed by atoms with Crippen molar-refractivity contribution in [3.05, 3.63) is 0 Å². The summed E-state index contributed by atoms with van der Waals surface area (Å²) in [5.41, 5.74) is 0. The lowest BCUT2D eigenvalue weighted by Gasteiger charge is -2.27. The third-order valence-electron chi connectivity index (χ3n) is 3.92. The molecule has 0 aromatic heterocycles. The molecule has 0 amide bonds. The van der Waals surface area contributed by atoms with Gasteiger partial charge in [-0.3, -0.25) is 0 Å². The van der Waals surface area contributed by atoms with E-state index in [9.17, 15) is 8.42 Å². The molecular weight excluding hydrogens is 236 g/mol. The Labute approximate surface area is 105 Å². The second-order valence-corrected chi connectivity index (χ2v) is 7.62. The molecule has 0 aromatic carbocycles. The van der Waals surface area contributed by atoms with Crippen LogP contribution in [0.1, 0.15) is 32.1 Å². The minimum Gasteiger partial charge on any atom is -0.314 e. The molecule has 0 atom stereocenters. The molecule has 0 spiro atoms. The highest BCUT2D eigenvalue weighted by molar-refractivity contribution is 7.92. The molecule has 1 N–H and O–H groups in total. The number of rotatable bonds is 5. The molecule has 1 aliphatic heterocycles. The number of piperazine rings is 1. The molecule has 2 aliphatic rings. The van der Waals surface area contributed by atoms with Crippen LogP contribution in [-0.2, 0) is 9.84 Å². The molecular formula is C12H24N2O2S. The molecule has 1 aliphatic carbocycles. The summed E-state index contributed by atoms with van der Waals surface area (Å²) in [5, 5.41) is 3.28. The van der Waals surface area contributed by atoms with E-state index in [4.69, 9.17) is 0 Å². The van der Waals surface area contributed by atoms with Gasteiger partial charge in [-0.25, -0.2) is 8.42 Å². The fraction of sp³-hybridized carbons (Fsp3) is 1.00. The second kappa shape index (κ2) is 6.16. The molecule has 100 valence electrons. The fourth-order valence-corrected chi connectivity index (χ4v) is 4.75. The van der Waals surface area contributed by atoms with Gasteiger partial charge < -0.3 is 10.2 Å². The molecule has 0 bridgehead atoms. The molecule has 0 radical (unpaired) electrons. The molecule has 5 heteroatoms. The van der Waals surface area contributed by atoms with Gasteiger partial charge in [-0.1, -0.05) is 12.8 Å². The SMILES string of the molecule is O=S(=O)(CCCN1CCNCC1)C1CCCC1. The van der Waals surface area contributed by atoms with Gasteiger partial charge in [-0.2, -0.15) is 0 Å². The van der Waals surface area contributed by atoms with E-state index in [-0.39, 0.29) is 5.25 Å². The Morgan fingerprint density at radius 2 is 1.76 bits per heavy atom. The van der Waals surface area contributed by atoms with Crippen molar-refractivity contribution in [3.8, 4) is 0 Å². The summed E-state index contributed by atoms with van der Waals surface area (Å²) in [4.78, 5) is 2.36. The third kappa shape index (κ3) is 3.93. The third-order valence-corrected chi connectivity index (χ3v) is 6.27. The number of sulfone groups is 1. The van der Waals surface area contributed by atoms with Crippen LogP contribution >= 0.6 is 0 Å². The number of hydrogen-bond donors (Lipinski definition) is 1. The van der Waals surface area contributed by atoms with Gasteiger partial charge >= 0.3 is 0 Å². The Balaban J connectivity index is 1.69. The quantitative estimate of drug-likeness (QED) is 0.788. The monoisotopic (exact) mass is 260 g/mol. The summed E-state index contributed by atoms with van der Waals surface area (Å²) in [5.74, 6) is 0.390. The van der Waals surface area contributed by atoms with Crippen LogP contribution in [0.15, 0.2) is 0 Å². The van der Waals surface area contributed by atoms with Crippen LogP contribution in [0.5, 0.6) is 0 Å². The van der Waals surface area contributed by atoms with Gasteiger partial charge in [0.2, 0.25) is 0 Å². The zero-order chi connectivity index (χ0) is 12.1. The van der Waals surface area contributed by atoms with Crippen molar-refractivity contribution in [1.29, 1.82) is 0 Å². The van der Waals surface area contributed by atoms with Gasteiger partial charge in [-0.15, -0.1) is 0 Å². The van der Waals surface area contributed by atoms with E-state index in [0.717, 1.165) is 64.8 Å². The Morgan fingerprint density at radius 1 is 1.12 bits per heavy atom. The molecule has 1 saturated heterocycles. The normalized spacial score (nSPS) is 24.2. The van der Waals surface area contributed by atoms with Gasteiger partial charge in [0.25, 0.3) is 0 Å². The summed E-state index contributed by atoms with van der Waals surface area (Å²) in [7, 11) is -2.80. The lowest BCUT2D eigenvalue weighted by Crippen LogP contribution is -2.44. The molecule has 2 fully saturated rings. The summed E-state index contributed by atoms with van der Waals surface area (Å²) in [6, 6.07) is 0. The zero-order valence-corrected chi connectivity index (χ0v) is 11.3. The fourth-order valence-electron chi connectivity index (χ4n) is 2.84. The summed E-state index contributed by atoms with van der Waals surface area (Å²) < 4.78 is 24.1. The highest BCUT2D eigenvalue weighted by atomic mass is 32.2. The van der Waals surface area contributed by atoms with Gasteiger partial charge in [0.05, 0.1) is 11.0 Å². The predicted molar refractivity (Wildman–Crippen MR) is 70.0 cm³/mol. The number of nitrogens with zero attached hydrogens (tertiary/aromatic N) is 1. The van der Waals surface area contributed by atoms with Crippen molar-refractivity contribution < 1.29 is 8.42 Å². The molecule has 0 aromatic rings. The van der Waals surface area contributed by atoms with Crippen molar-refractivity contribution in [1.82, 2.24) is 10.2 Å². The maximum atomic E-state index is 12.0. The Kier molecular flexibility index (Phi) is 4.82. The standard InChI is InChI=1S/C12H24N2O2S/c15-17(16,12-4-1-2-5-12)11-3-8-14-9-6-13-7-10-14/h12-13H,1-11H2. The molecule has 4 nitrogen and oxygen atoms in total.